The van der Waals surface area contributed by atoms with Crippen LogP contribution in [0.4, 0.5) is 0 Å². The van der Waals surface area contributed by atoms with E-state index in [0.29, 0.717) is 5.92 Å². The van der Waals surface area contributed by atoms with Crippen molar-refractivity contribution in [3.8, 4) is 0 Å². The smallest absolute Gasteiger partial charge is 0.143 e. The van der Waals surface area contributed by atoms with Crippen molar-refractivity contribution in [3.63, 3.8) is 0 Å². The van der Waals surface area contributed by atoms with Crippen molar-refractivity contribution in [2.75, 3.05) is 0 Å². The molecule has 114 valence electrons. The maximum atomic E-state index is 4.50. The van der Waals surface area contributed by atoms with Crippen LogP contribution < -0.4 is 0 Å². The molecule has 3 nitrogen and oxygen atoms in total. The van der Waals surface area contributed by atoms with Gasteiger partial charge in [0.25, 0.3) is 0 Å². The maximum Gasteiger partial charge on any atom is 0.143 e. The van der Waals surface area contributed by atoms with Gasteiger partial charge in [-0.3, -0.25) is 0 Å². The van der Waals surface area contributed by atoms with Gasteiger partial charge in [-0.15, -0.1) is 10.2 Å². The molecule has 1 saturated carbocycles. The van der Waals surface area contributed by atoms with Crippen LogP contribution >= 0.6 is 15.9 Å². The summed E-state index contributed by atoms with van der Waals surface area (Å²) in [5.41, 5.74) is 0. The number of rotatable bonds is 7. The Hall–Kier alpha value is -0.380. The second kappa shape index (κ2) is 8.16. The lowest BCUT2D eigenvalue weighted by Crippen LogP contribution is -2.18. The fourth-order valence-electron chi connectivity index (χ4n) is 3.42. The zero-order valence-electron chi connectivity index (χ0n) is 12.9. The van der Waals surface area contributed by atoms with E-state index >= 15 is 0 Å². The molecule has 0 radical (unpaired) electrons. The molecule has 0 aliphatic heterocycles. The number of unbranched alkanes of at least 4 members (excludes halogenated alkanes) is 1. The van der Waals surface area contributed by atoms with Crippen LogP contribution in [0.3, 0.4) is 0 Å². The standard InChI is InChI=1S/C16H28BrN3/c1-3-5-6-13-7-9-14(10-8-13)16-19-18-15(12-17)20(16)11-4-2/h13-14H,3-12H2,1-2H3. The Bertz CT molecular complexity index is 394. The molecule has 0 aromatic carbocycles. The Morgan fingerprint density at radius 2 is 1.85 bits per heavy atom. The van der Waals surface area contributed by atoms with Crippen LogP contribution in [0.25, 0.3) is 0 Å². The third-order valence-electron chi connectivity index (χ3n) is 4.60. The SMILES string of the molecule is CCCCC1CCC(c2nnc(CBr)n2CCC)CC1. The molecule has 20 heavy (non-hydrogen) atoms. The van der Waals surface area contributed by atoms with Gasteiger partial charge in [-0.2, -0.15) is 0 Å². The molecular weight excluding hydrogens is 314 g/mol. The highest BCUT2D eigenvalue weighted by Gasteiger charge is 2.26. The van der Waals surface area contributed by atoms with Gasteiger partial charge in [0.15, 0.2) is 0 Å². The topological polar surface area (TPSA) is 30.7 Å². The molecule has 0 N–H and O–H groups in total. The fraction of sp³-hybridized carbons (Fsp3) is 0.875. The first-order valence-electron chi connectivity index (χ1n) is 8.28. The van der Waals surface area contributed by atoms with Crippen molar-refractivity contribution in [1.82, 2.24) is 14.8 Å². The lowest BCUT2D eigenvalue weighted by Gasteiger charge is -2.28. The lowest BCUT2D eigenvalue weighted by molar-refractivity contribution is 0.294. The molecule has 0 amide bonds. The first-order valence-corrected chi connectivity index (χ1v) is 9.40. The quantitative estimate of drug-likeness (QED) is 0.650. The number of halogens is 1. The first-order chi connectivity index (χ1) is 9.80. The average Bonchev–Trinajstić information content (AvgIpc) is 2.89. The maximum absolute atomic E-state index is 4.50. The number of hydrogen-bond donors (Lipinski definition) is 0. The summed E-state index contributed by atoms with van der Waals surface area (Å²) in [6.45, 7) is 5.57. The van der Waals surface area contributed by atoms with E-state index in [0.717, 1.165) is 30.0 Å². The zero-order valence-corrected chi connectivity index (χ0v) is 14.5. The summed E-state index contributed by atoms with van der Waals surface area (Å²) < 4.78 is 2.35. The summed E-state index contributed by atoms with van der Waals surface area (Å²) in [6, 6.07) is 0. The minimum Gasteiger partial charge on any atom is -0.314 e. The van der Waals surface area contributed by atoms with Crippen LogP contribution in [0.2, 0.25) is 0 Å². The molecule has 1 fully saturated rings. The number of aromatic nitrogens is 3. The van der Waals surface area contributed by atoms with Gasteiger partial charge in [-0.1, -0.05) is 49.0 Å². The minimum absolute atomic E-state index is 0.639. The second-order valence-corrected chi connectivity index (χ2v) is 6.68. The molecule has 1 aromatic heterocycles. The van der Waals surface area contributed by atoms with Crippen LogP contribution in [0.1, 0.15) is 82.8 Å². The fourth-order valence-corrected chi connectivity index (χ4v) is 3.83. The summed E-state index contributed by atoms with van der Waals surface area (Å²) in [4.78, 5) is 0. The highest BCUT2D eigenvalue weighted by Crippen LogP contribution is 2.37. The number of hydrogen-bond acceptors (Lipinski definition) is 2. The zero-order chi connectivity index (χ0) is 14.4. The van der Waals surface area contributed by atoms with Crippen LogP contribution in [0.5, 0.6) is 0 Å². The Labute approximate surface area is 131 Å². The monoisotopic (exact) mass is 341 g/mol. The number of alkyl halides is 1. The summed E-state index contributed by atoms with van der Waals surface area (Å²) in [7, 11) is 0. The van der Waals surface area contributed by atoms with E-state index in [1.165, 1.54) is 50.8 Å². The molecule has 2 rings (SSSR count). The van der Waals surface area contributed by atoms with Crippen molar-refractivity contribution >= 4 is 15.9 Å². The average molecular weight is 342 g/mol. The molecular formula is C16H28BrN3. The molecule has 0 bridgehead atoms. The van der Waals surface area contributed by atoms with Crippen molar-refractivity contribution in [1.29, 1.82) is 0 Å². The van der Waals surface area contributed by atoms with Crippen molar-refractivity contribution in [3.05, 3.63) is 11.6 Å². The van der Waals surface area contributed by atoms with Gasteiger partial charge in [-0.25, -0.2) is 0 Å². The molecule has 1 aliphatic rings. The van der Waals surface area contributed by atoms with Gasteiger partial charge in [0.2, 0.25) is 0 Å². The molecule has 0 unspecified atom stereocenters. The molecule has 0 atom stereocenters. The third-order valence-corrected chi connectivity index (χ3v) is 5.10. The number of nitrogens with zero attached hydrogens (tertiary/aromatic N) is 3. The van der Waals surface area contributed by atoms with Gasteiger partial charge in [0, 0.05) is 12.5 Å². The predicted octanol–water partition coefficient (Wildman–Crippen LogP) is 5.05. The Balaban J connectivity index is 1.97. The summed E-state index contributed by atoms with van der Waals surface area (Å²) in [6.07, 6.45) is 10.7. The normalized spacial score (nSPS) is 23.1. The third kappa shape index (κ3) is 3.84. The largest absolute Gasteiger partial charge is 0.314 e. The van der Waals surface area contributed by atoms with Crippen LogP contribution in [-0.2, 0) is 11.9 Å². The van der Waals surface area contributed by atoms with Gasteiger partial charge in [0.1, 0.15) is 11.6 Å². The van der Waals surface area contributed by atoms with Crippen LogP contribution in [-0.4, -0.2) is 14.8 Å². The second-order valence-electron chi connectivity index (χ2n) is 6.12. The lowest BCUT2D eigenvalue weighted by atomic mass is 9.79. The van der Waals surface area contributed by atoms with Crippen molar-refractivity contribution in [2.45, 2.75) is 83.0 Å². The Morgan fingerprint density at radius 1 is 1.10 bits per heavy atom. The van der Waals surface area contributed by atoms with Crippen LogP contribution in [0.15, 0.2) is 0 Å². The van der Waals surface area contributed by atoms with Crippen LogP contribution in [0, 0.1) is 5.92 Å². The van der Waals surface area contributed by atoms with E-state index in [-0.39, 0.29) is 0 Å². The first kappa shape index (κ1) is 16.0. The summed E-state index contributed by atoms with van der Waals surface area (Å²) in [5, 5.41) is 9.67. The molecule has 0 saturated heterocycles. The van der Waals surface area contributed by atoms with Gasteiger partial charge in [0.05, 0.1) is 5.33 Å². The van der Waals surface area contributed by atoms with E-state index in [4.69, 9.17) is 0 Å². The Kier molecular flexibility index (Phi) is 6.53. The molecule has 1 aliphatic carbocycles. The minimum atomic E-state index is 0.639. The predicted molar refractivity (Wildman–Crippen MR) is 87.2 cm³/mol. The van der Waals surface area contributed by atoms with E-state index in [1.807, 2.05) is 0 Å². The van der Waals surface area contributed by atoms with Crippen molar-refractivity contribution < 1.29 is 0 Å². The van der Waals surface area contributed by atoms with E-state index in [2.05, 4.69) is 44.5 Å². The highest BCUT2D eigenvalue weighted by molar-refractivity contribution is 9.08. The highest BCUT2D eigenvalue weighted by atomic mass is 79.9. The van der Waals surface area contributed by atoms with Crippen molar-refractivity contribution in [2.24, 2.45) is 5.92 Å². The van der Waals surface area contributed by atoms with Gasteiger partial charge < -0.3 is 4.57 Å². The van der Waals surface area contributed by atoms with E-state index in [9.17, 15) is 0 Å². The molecule has 0 spiro atoms. The van der Waals surface area contributed by atoms with Gasteiger partial charge >= 0.3 is 0 Å². The van der Waals surface area contributed by atoms with E-state index in [1.54, 1.807) is 0 Å². The molecule has 4 heteroatoms. The van der Waals surface area contributed by atoms with E-state index < -0.39 is 0 Å². The summed E-state index contributed by atoms with van der Waals surface area (Å²) >= 11 is 3.53. The van der Waals surface area contributed by atoms with Gasteiger partial charge in [-0.05, 0) is 38.0 Å². The Morgan fingerprint density at radius 3 is 2.45 bits per heavy atom. The molecule has 1 heterocycles. The molecule has 1 aromatic rings. The summed E-state index contributed by atoms with van der Waals surface area (Å²) in [5.74, 6) is 3.94.